The normalized spacial score (nSPS) is 23.1. The number of sulfonamides is 1. The van der Waals surface area contributed by atoms with E-state index in [9.17, 15) is 26.0 Å². The van der Waals surface area contributed by atoms with Gasteiger partial charge in [-0.3, -0.25) is 0 Å². The average molecular weight is 517 g/mol. The van der Waals surface area contributed by atoms with E-state index in [0.29, 0.717) is 61.4 Å². The van der Waals surface area contributed by atoms with Crippen molar-refractivity contribution in [3.63, 3.8) is 0 Å². The summed E-state index contributed by atoms with van der Waals surface area (Å²) >= 11 is 0. The van der Waals surface area contributed by atoms with Crippen molar-refractivity contribution in [2.24, 2.45) is 5.41 Å². The van der Waals surface area contributed by atoms with Crippen LogP contribution in [0.5, 0.6) is 0 Å². The quantitative estimate of drug-likeness (QED) is 0.591. The molecule has 0 radical (unpaired) electrons. The molecule has 13 heteroatoms. The average Bonchev–Trinajstić information content (AvgIpc) is 2.77. The summed E-state index contributed by atoms with van der Waals surface area (Å²) in [6, 6.07) is 2.61. The number of nitrogens with zero attached hydrogens (tertiary/aromatic N) is 4. The zero-order valence-electron chi connectivity index (χ0n) is 19.3. The minimum Gasteiger partial charge on any atom is -0.368 e. The second-order valence-corrected chi connectivity index (χ2v) is 11.8. The van der Waals surface area contributed by atoms with Crippen LogP contribution in [0.4, 0.5) is 29.2 Å². The van der Waals surface area contributed by atoms with E-state index in [0.717, 1.165) is 0 Å². The number of piperidine rings is 2. The molecule has 192 valence electrons. The predicted molar refractivity (Wildman–Crippen MR) is 125 cm³/mol. The van der Waals surface area contributed by atoms with Gasteiger partial charge >= 0.3 is 0 Å². The monoisotopic (exact) mass is 516 g/mol. The first-order valence-corrected chi connectivity index (χ1v) is 13.5. The van der Waals surface area contributed by atoms with Gasteiger partial charge in [-0.15, -0.1) is 0 Å². The number of rotatable bonds is 5. The van der Waals surface area contributed by atoms with Gasteiger partial charge in [0.25, 0.3) is 12.3 Å². The Morgan fingerprint density at radius 1 is 1.20 bits per heavy atom. The molecule has 0 unspecified atom stereocenters. The number of halogens is 4. The summed E-state index contributed by atoms with van der Waals surface area (Å²) in [6.45, 7) is 1.01. The van der Waals surface area contributed by atoms with Crippen molar-refractivity contribution in [3.05, 3.63) is 23.9 Å². The van der Waals surface area contributed by atoms with Crippen LogP contribution in [-0.4, -0.2) is 80.2 Å². The van der Waals surface area contributed by atoms with Gasteiger partial charge in [-0.05, 0) is 37.9 Å². The van der Waals surface area contributed by atoms with Crippen molar-refractivity contribution in [2.45, 2.75) is 37.7 Å². The second kappa shape index (κ2) is 8.70. The van der Waals surface area contributed by atoms with Crippen LogP contribution in [0.15, 0.2) is 18.3 Å². The van der Waals surface area contributed by atoms with E-state index in [1.807, 2.05) is 0 Å². The standard InChI is InChI=1S/C22H28F4N6O2S/c1-35(33,34)32-6-2-16(3-7-32)29-20-28-10-15-8-14(19(23)24)9-17(18(15)30-20)31-12-21(13-31)4-5-27-11-22(21,25)26/h8-10,16,19,27H,2-7,11-13H2,1H3,(H,28,29,30). The van der Waals surface area contributed by atoms with Gasteiger partial charge in [0.15, 0.2) is 0 Å². The number of benzene rings is 1. The molecule has 35 heavy (non-hydrogen) atoms. The Bertz CT molecular complexity index is 1210. The second-order valence-electron chi connectivity index (χ2n) is 9.82. The van der Waals surface area contributed by atoms with Gasteiger partial charge in [0.05, 0.1) is 29.4 Å². The first-order valence-electron chi connectivity index (χ1n) is 11.6. The Morgan fingerprint density at radius 3 is 2.54 bits per heavy atom. The fourth-order valence-electron chi connectivity index (χ4n) is 5.29. The van der Waals surface area contributed by atoms with E-state index >= 15 is 0 Å². The Balaban J connectivity index is 1.40. The number of hydrogen-bond donors (Lipinski definition) is 2. The molecule has 3 aliphatic rings. The van der Waals surface area contributed by atoms with Gasteiger partial charge in [-0.2, -0.15) is 0 Å². The van der Waals surface area contributed by atoms with Gasteiger partial charge in [-0.1, -0.05) is 0 Å². The third-order valence-corrected chi connectivity index (χ3v) is 8.73. The maximum Gasteiger partial charge on any atom is 0.269 e. The van der Waals surface area contributed by atoms with Gasteiger partial charge < -0.3 is 15.5 Å². The van der Waals surface area contributed by atoms with E-state index in [1.165, 1.54) is 28.9 Å². The topological polar surface area (TPSA) is 90.5 Å². The van der Waals surface area contributed by atoms with Crippen molar-refractivity contribution in [3.8, 4) is 0 Å². The molecule has 5 rings (SSSR count). The third kappa shape index (κ3) is 4.53. The zero-order chi connectivity index (χ0) is 25.0. The van der Waals surface area contributed by atoms with Gasteiger partial charge in [-0.25, -0.2) is 40.3 Å². The molecule has 0 saturated carbocycles. The summed E-state index contributed by atoms with van der Waals surface area (Å²) in [5.74, 6) is -2.58. The van der Waals surface area contributed by atoms with Crippen LogP contribution >= 0.6 is 0 Å². The Morgan fingerprint density at radius 2 is 1.91 bits per heavy atom. The first-order chi connectivity index (χ1) is 16.5. The largest absolute Gasteiger partial charge is 0.368 e. The molecule has 0 aliphatic carbocycles. The van der Waals surface area contributed by atoms with E-state index in [2.05, 4.69) is 20.6 Å². The van der Waals surface area contributed by atoms with E-state index < -0.39 is 27.8 Å². The molecular formula is C22H28F4N6O2S. The van der Waals surface area contributed by atoms with Gasteiger partial charge in [0.1, 0.15) is 0 Å². The molecule has 4 heterocycles. The number of alkyl halides is 4. The lowest BCUT2D eigenvalue weighted by Gasteiger charge is -2.56. The maximum absolute atomic E-state index is 14.7. The molecule has 3 aliphatic heterocycles. The van der Waals surface area contributed by atoms with Crippen molar-refractivity contribution in [2.75, 3.05) is 55.7 Å². The maximum atomic E-state index is 14.7. The molecule has 0 amide bonds. The summed E-state index contributed by atoms with van der Waals surface area (Å²) < 4.78 is 81.4. The highest BCUT2D eigenvalue weighted by atomic mass is 32.2. The molecule has 3 fully saturated rings. The zero-order valence-corrected chi connectivity index (χ0v) is 20.1. The highest BCUT2D eigenvalue weighted by Crippen LogP contribution is 2.50. The molecule has 8 nitrogen and oxygen atoms in total. The highest BCUT2D eigenvalue weighted by Gasteiger charge is 2.61. The van der Waals surface area contributed by atoms with Crippen LogP contribution < -0.4 is 15.5 Å². The van der Waals surface area contributed by atoms with Crippen LogP contribution in [0.2, 0.25) is 0 Å². The third-order valence-electron chi connectivity index (χ3n) is 7.42. The van der Waals surface area contributed by atoms with Crippen LogP contribution in [0.3, 0.4) is 0 Å². The lowest BCUT2D eigenvalue weighted by atomic mass is 9.69. The molecule has 3 saturated heterocycles. The SMILES string of the molecule is CS(=O)(=O)N1CCC(Nc2ncc3cc(C(F)F)cc(N4CC5(CCNCC5(F)F)C4)c3n2)CC1. The molecule has 0 bridgehead atoms. The van der Waals surface area contributed by atoms with Crippen LogP contribution in [0.1, 0.15) is 31.3 Å². The number of nitrogens with one attached hydrogen (secondary N) is 2. The van der Waals surface area contributed by atoms with Crippen molar-refractivity contribution < 1.29 is 26.0 Å². The summed E-state index contributed by atoms with van der Waals surface area (Å²) in [6.07, 6.45) is 1.39. The van der Waals surface area contributed by atoms with E-state index in [4.69, 9.17) is 0 Å². The number of fused-ring (bicyclic) bond motifs is 1. The smallest absolute Gasteiger partial charge is 0.269 e. The number of anilines is 2. The molecule has 2 N–H and O–H groups in total. The summed E-state index contributed by atoms with van der Waals surface area (Å²) in [5, 5.41) is 6.36. The fraction of sp³-hybridized carbons (Fsp3) is 0.636. The molecule has 0 atom stereocenters. The van der Waals surface area contributed by atoms with Crippen molar-refractivity contribution in [1.29, 1.82) is 0 Å². The molecule has 1 aromatic heterocycles. The lowest BCUT2D eigenvalue weighted by molar-refractivity contribution is -0.151. The molecule has 1 aromatic carbocycles. The number of aromatic nitrogens is 2. The lowest BCUT2D eigenvalue weighted by Crippen LogP contribution is -2.70. The number of hydrogen-bond acceptors (Lipinski definition) is 7. The van der Waals surface area contributed by atoms with Crippen LogP contribution in [0, 0.1) is 5.41 Å². The van der Waals surface area contributed by atoms with Crippen molar-refractivity contribution >= 4 is 32.6 Å². The highest BCUT2D eigenvalue weighted by molar-refractivity contribution is 7.88. The van der Waals surface area contributed by atoms with E-state index in [-0.39, 0.29) is 31.2 Å². The van der Waals surface area contributed by atoms with Crippen LogP contribution in [0.25, 0.3) is 10.9 Å². The summed E-state index contributed by atoms with van der Waals surface area (Å²) in [5.41, 5.74) is -0.557. The van der Waals surface area contributed by atoms with Crippen molar-refractivity contribution in [1.82, 2.24) is 19.6 Å². The molecular weight excluding hydrogens is 488 g/mol. The van der Waals surface area contributed by atoms with E-state index in [1.54, 1.807) is 4.90 Å². The minimum atomic E-state index is -3.24. The Kier molecular flexibility index (Phi) is 6.07. The first kappa shape index (κ1) is 24.4. The molecule has 1 spiro atoms. The Labute approximate surface area is 201 Å². The predicted octanol–water partition coefficient (Wildman–Crippen LogP) is 2.84. The van der Waals surface area contributed by atoms with Gasteiger partial charge in [0, 0.05) is 49.4 Å². The van der Waals surface area contributed by atoms with Crippen LogP contribution in [-0.2, 0) is 10.0 Å². The summed E-state index contributed by atoms with van der Waals surface area (Å²) in [7, 11) is -3.24. The summed E-state index contributed by atoms with van der Waals surface area (Å²) in [4.78, 5) is 10.5. The van der Waals surface area contributed by atoms with Gasteiger partial charge in [0.2, 0.25) is 16.0 Å². The molecule has 2 aromatic rings. The fourth-order valence-corrected chi connectivity index (χ4v) is 6.16. The minimum absolute atomic E-state index is 0.0463. The Hall–Kier alpha value is -2.25.